The third-order valence-electron chi connectivity index (χ3n) is 2.66. The Morgan fingerprint density at radius 1 is 1.37 bits per heavy atom. The van der Waals surface area contributed by atoms with Crippen LogP contribution in [0.1, 0.15) is 12.7 Å². The topological polar surface area (TPSA) is 84.0 Å². The highest BCUT2D eigenvalue weighted by atomic mass is 32.2. The van der Waals surface area contributed by atoms with Crippen LogP contribution in [-0.4, -0.2) is 37.7 Å². The summed E-state index contributed by atoms with van der Waals surface area (Å²) in [5, 5.41) is 5.96. The molecule has 0 aromatic carbocycles. The number of anilines is 1. The monoisotopic (exact) mass is 300 g/mol. The van der Waals surface area contributed by atoms with Gasteiger partial charge in [-0.25, -0.2) is 23.1 Å². The fourth-order valence-corrected chi connectivity index (χ4v) is 2.96. The van der Waals surface area contributed by atoms with E-state index in [9.17, 15) is 8.42 Å². The van der Waals surface area contributed by atoms with Crippen molar-refractivity contribution < 1.29 is 8.42 Å². The van der Waals surface area contributed by atoms with E-state index in [1.54, 1.807) is 11.3 Å². The highest BCUT2D eigenvalue weighted by Gasteiger charge is 2.10. The summed E-state index contributed by atoms with van der Waals surface area (Å²) < 4.78 is 25.0. The molecule has 0 saturated heterocycles. The van der Waals surface area contributed by atoms with Crippen molar-refractivity contribution >= 4 is 37.4 Å². The molecule has 0 bridgehead atoms. The maximum Gasteiger partial charge on any atom is 0.213 e. The molecule has 0 atom stereocenters. The van der Waals surface area contributed by atoms with E-state index >= 15 is 0 Å². The van der Waals surface area contributed by atoms with E-state index in [-0.39, 0.29) is 5.75 Å². The quantitative estimate of drug-likeness (QED) is 0.838. The molecule has 2 N–H and O–H groups in total. The Morgan fingerprint density at radius 3 is 2.84 bits per heavy atom. The van der Waals surface area contributed by atoms with E-state index in [1.807, 2.05) is 18.4 Å². The summed E-state index contributed by atoms with van der Waals surface area (Å²) in [4.78, 5) is 9.75. The fraction of sp³-hybridized carbons (Fsp3) is 0.455. The van der Waals surface area contributed by atoms with Gasteiger partial charge in [-0.15, -0.1) is 11.3 Å². The maximum atomic E-state index is 11.3. The van der Waals surface area contributed by atoms with Crippen LogP contribution in [0, 0.1) is 0 Å². The van der Waals surface area contributed by atoms with Crippen molar-refractivity contribution in [1.82, 2.24) is 14.7 Å². The van der Waals surface area contributed by atoms with E-state index in [0.717, 1.165) is 22.5 Å². The van der Waals surface area contributed by atoms with Gasteiger partial charge in [-0.05, 0) is 18.5 Å². The van der Waals surface area contributed by atoms with Crippen LogP contribution in [-0.2, 0) is 16.4 Å². The predicted octanol–water partition coefficient (Wildman–Crippen LogP) is 1.21. The number of aryl methyl sites for hydroxylation is 1. The molecule has 2 rings (SSSR count). The number of aromatic nitrogens is 2. The van der Waals surface area contributed by atoms with Gasteiger partial charge in [-0.1, -0.05) is 6.92 Å². The fourth-order valence-electron chi connectivity index (χ4n) is 1.60. The van der Waals surface area contributed by atoms with E-state index in [0.29, 0.717) is 12.4 Å². The number of rotatable bonds is 6. The van der Waals surface area contributed by atoms with E-state index in [4.69, 9.17) is 0 Å². The minimum atomic E-state index is -3.20. The van der Waals surface area contributed by atoms with Crippen LogP contribution in [0.15, 0.2) is 11.4 Å². The third-order valence-corrected chi connectivity index (χ3v) is 4.83. The molecule has 0 aliphatic rings. The summed E-state index contributed by atoms with van der Waals surface area (Å²) in [5.41, 5.74) is 0. The minimum absolute atomic E-state index is 0.0145. The van der Waals surface area contributed by atoms with Crippen LogP contribution in [0.5, 0.6) is 0 Å². The van der Waals surface area contributed by atoms with Crippen LogP contribution in [0.2, 0.25) is 0 Å². The van der Waals surface area contributed by atoms with Crippen molar-refractivity contribution in [3.8, 4) is 0 Å². The molecule has 0 spiro atoms. The molecule has 2 aromatic heterocycles. The summed E-state index contributed by atoms with van der Waals surface area (Å²) in [5.74, 6) is 1.48. The van der Waals surface area contributed by atoms with Crippen LogP contribution >= 0.6 is 11.3 Å². The number of nitrogens with one attached hydrogen (secondary N) is 2. The zero-order valence-corrected chi connectivity index (χ0v) is 12.4. The second kappa shape index (κ2) is 5.81. The molecular weight excluding hydrogens is 284 g/mol. The van der Waals surface area contributed by atoms with Gasteiger partial charge in [0.1, 0.15) is 16.5 Å². The second-order valence-electron chi connectivity index (χ2n) is 3.93. The van der Waals surface area contributed by atoms with Gasteiger partial charge < -0.3 is 5.32 Å². The Labute approximate surface area is 116 Å². The van der Waals surface area contributed by atoms with Crippen molar-refractivity contribution in [2.45, 2.75) is 13.3 Å². The molecule has 0 saturated carbocycles. The van der Waals surface area contributed by atoms with Gasteiger partial charge >= 0.3 is 0 Å². The largest absolute Gasteiger partial charge is 0.368 e. The standard InChI is InChI=1S/C11H16N4O2S2/c1-3-9-14-10(8-4-6-18-11(8)15-9)13-5-7-19(16,17)12-2/h4,6,12H,3,5,7H2,1-2H3,(H,13,14,15). The number of thiophene rings is 1. The summed E-state index contributed by atoms with van der Waals surface area (Å²) in [6.45, 7) is 2.30. The van der Waals surface area contributed by atoms with Crippen molar-refractivity contribution in [1.29, 1.82) is 0 Å². The van der Waals surface area contributed by atoms with E-state index in [2.05, 4.69) is 20.0 Å². The van der Waals surface area contributed by atoms with Crippen molar-refractivity contribution in [3.63, 3.8) is 0 Å². The summed E-state index contributed by atoms with van der Waals surface area (Å²) in [7, 11) is -1.79. The molecule has 104 valence electrons. The van der Waals surface area contributed by atoms with E-state index in [1.165, 1.54) is 7.05 Å². The molecule has 19 heavy (non-hydrogen) atoms. The van der Waals surface area contributed by atoms with Crippen molar-refractivity contribution in [2.75, 3.05) is 24.7 Å². The van der Waals surface area contributed by atoms with Gasteiger partial charge in [-0.3, -0.25) is 0 Å². The zero-order valence-electron chi connectivity index (χ0n) is 10.8. The zero-order chi connectivity index (χ0) is 13.9. The van der Waals surface area contributed by atoms with Gasteiger partial charge in [0.2, 0.25) is 10.0 Å². The van der Waals surface area contributed by atoms with E-state index < -0.39 is 10.0 Å². The molecule has 0 amide bonds. The maximum absolute atomic E-state index is 11.3. The number of nitrogens with zero attached hydrogens (tertiary/aromatic N) is 2. The lowest BCUT2D eigenvalue weighted by Gasteiger charge is -2.08. The summed E-state index contributed by atoms with van der Waals surface area (Å²) >= 11 is 1.55. The summed E-state index contributed by atoms with van der Waals surface area (Å²) in [6, 6.07) is 1.94. The molecule has 6 nitrogen and oxygen atoms in total. The molecule has 0 aliphatic heterocycles. The van der Waals surface area contributed by atoms with Gasteiger partial charge in [0.05, 0.1) is 11.1 Å². The number of fused-ring (bicyclic) bond motifs is 1. The Kier molecular flexibility index (Phi) is 4.33. The van der Waals surface area contributed by atoms with Gasteiger partial charge in [0, 0.05) is 13.0 Å². The van der Waals surface area contributed by atoms with Gasteiger partial charge in [-0.2, -0.15) is 0 Å². The van der Waals surface area contributed by atoms with Crippen LogP contribution in [0.25, 0.3) is 10.2 Å². The van der Waals surface area contributed by atoms with Gasteiger partial charge in [0.25, 0.3) is 0 Å². The van der Waals surface area contributed by atoms with Crippen LogP contribution in [0.4, 0.5) is 5.82 Å². The number of hydrogen-bond acceptors (Lipinski definition) is 6. The summed E-state index contributed by atoms with van der Waals surface area (Å²) in [6.07, 6.45) is 0.747. The molecule has 0 fully saturated rings. The SMILES string of the molecule is CCc1nc(NCCS(=O)(=O)NC)c2ccsc2n1. The first kappa shape index (κ1) is 14.2. The second-order valence-corrected chi connectivity index (χ2v) is 6.87. The van der Waals surface area contributed by atoms with Crippen molar-refractivity contribution in [3.05, 3.63) is 17.3 Å². The molecular formula is C11H16N4O2S2. The minimum Gasteiger partial charge on any atom is -0.368 e. The third kappa shape index (κ3) is 3.40. The highest BCUT2D eigenvalue weighted by Crippen LogP contribution is 2.25. The first-order chi connectivity index (χ1) is 9.05. The Hall–Kier alpha value is -1.25. The highest BCUT2D eigenvalue weighted by molar-refractivity contribution is 7.89. The Bertz CT molecular complexity index is 666. The predicted molar refractivity (Wildman–Crippen MR) is 78.1 cm³/mol. The molecule has 2 heterocycles. The molecule has 0 radical (unpaired) electrons. The smallest absolute Gasteiger partial charge is 0.213 e. The first-order valence-electron chi connectivity index (χ1n) is 5.95. The Balaban J connectivity index is 2.17. The molecule has 8 heteroatoms. The number of sulfonamides is 1. The lowest BCUT2D eigenvalue weighted by molar-refractivity contribution is 0.588. The molecule has 0 unspecified atom stereocenters. The van der Waals surface area contributed by atoms with Crippen molar-refractivity contribution in [2.24, 2.45) is 0 Å². The average molecular weight is 300 g/mol. The van der Waals surface area contributed by atoms with Crippen LogP contribution < -0.4 is 10.0 Å². The number of hydrogen-bond donors (Lipinski definition) is 2. The average Bonchev–Trinajstić information content (AvgIpc) is 2.86. The van der Waals surface area contributed by atoms with Gasteiger partial charge in [0.15, 0.2) is 0 Å². The lowest BCUT2D eigenvalue weighted by Crippen LogP contribution is -2.26. The Morgan fingerprint density at radius 2 is 2.16 bits per heavy atom. The molecule has 2 aromatic rings. The normalized spacial score (nSPS) is 11.9. The van der Waals surface area contributed by atoms with Crippen LogP contribution in [0.3, 0.4) is 0 Å². The first-order valence-corrected chi connectivity index (χ1v) is 8.48. The lowest BCUT2D eigenvalue weighted by atomic mass is 10.3. The molecule has 0 aliphatic carbocycles.